The number of aryl methyl sites for hydroxylation is 1. The van der Waals surface area contributed by atoms with Crippen LogP contribution in [0.2, 0.25) is 0 Å². The average Bonchev–Trinajstić information content (AvgIpc) is 3.33. The zero-order valence-electron chi connectivity index (χ0n) is 16.9. The molecular formula is C19H28IN7OS. The van der Waals surface area contributed by atoms with Crippen LogP contribution in [0.4, 0.5) is 5.69 Å². The fourth-order valence-electron chi connectivity index (χ4n) is 3.83. The van der Waals surface area contributed by atoms with E-state index in [9.17, 15) is 4.79 Å². The van der Waals surface area contributed by atoms with Crippen LogP contribution in [0.25, 0.3) is 0 Å². The number of carbonyl (C=O) groups is 1. The lowest BCUT2D eigenvalue weighted by Crippen LogP contribution is -2.56. The van der Waals surface area contributed by atoms with Crippen LogP contribution in [0.15, 0.2) is 28.8 Å². The van der Waals surface area contributed by atoms with E-state index >= 15 is 0 Å². The minimum atomic E-state index is 0. The number of carbonyl (C=O) groups excluding carboxylic acids is 1. The fraction of sp³-hybridized carbons (Fsp3) is 0.526. The highest BCUT2D eigenvalue weighted by atomic mass is 127. The Kier molecular flexibility index (Phi) is 7.52. The van der Waals surface area contributed by atoms with Crippen LogP contribution in [-0.2, 0) is 24.8 Å². The lowest BCUT2D eigenvalue weighted by Gasteiger charge is -2.35. The summed E-state index contributed by atoms with van der Waals surface area (Å²) >= 11 is 1.87. The van der Waals surface area contributed by atoms with Gasteiger partial charge >= 0.3 is 0 Å². The second-order valence-electron chi connectivity index (χ2n) is 7.21. The number of amides is 1. The van der Waals surface area contributed by atoms with E-state index in [-0.39, 0.29) is 29.9 Å². The number of hydrogen-bond acceptors (Lipinski definition) is 5. The summed E-state index contributed by atoms with van der Waals surface area (Å²) in [6.07, 6.45) is 4.75. The van der Waals surface area contributed by atoms with E-state index in [4.69, 9.17) is 0 Å². The third-order valence-corrected chi connectivity index (χ3v) is 6.36. The number of fused-ring (bicyclic) bond motifs is 1. The molecule has 0 spiro atoms. The van der Waals surface area contributed by atoms with Gasteiger partial charge in [0.05, 0.1) is 11.9 Å². The van der Waals surface area contributed by atoms with Crippen molar-refractivity contribution in [2.45, 2.75) is 13.0 Å². The predicted molar refractivity (Wildman–Crippen MR) is 127 cm³/mol. The normalized spacial score (nSPS) is 17.9. The Hall–Kier alpha value is -1.66. The summed E-state index contributed by atoms with van der Waals surface area (Å²) in [5.41, 5.74) is 2.32. The molecule has 0 atom stereocenters. The van der Waals surface area contributed by atoms with Crippen LogP contribution in [0.3, 0.4) is 0 Å². The van der Waals surface area contributed by atoms with Crippen molar-refractivity contribution in [1.29, 1.82) is 0 Å². The molecule has 158 valence electrons. The van der Waals surface area contributed by atoms with Gasteiger partial charge in [0, 0.05) is 64.4 Å². The number of nitrogens with zero attached hydrogens (tertiary/aromatic N) is 6. The molecule has 0 aromatic carbocycles. The third-order valence-electron chi connectivity index (χ3n) is 5.33. The molecule has 29 heavy (non-hydrogen) atoms. The highest BCUT2D eigenvalue weighted by molar-refractivity contribution is 14.0. The fourth-order valence-corrected chi connectivity index (χ4v) is 4.72. The summed E-state index contributed by atoms with van der Waals surface area (Å²) in [7, 11) is 3.64. The molecule has 0 unspecified atom stereocenters. The van der Waals surface area contributed by atoms with Gasteiger partial charge in [-0.25, -0.2) is 0 Å². The Morgan fingerprint density at radius 1 is 1.31 bits per heavy atom. The van der Waals surface area contributed by atoms with Gasteiger partial charge in [-0.2, -0.15) is 5.10 Å². The Morgan fingerprint density at radius 3 is 2.90 bits per heavy atom. The number of nitrogens with one attached hydrogen (secondary N) is 1. The van der Waals surface area contributed by atoms with Crippen molar-refractivity contribution in [3.05, 3.63) is 34.3 Å². The Morgan fingerprint density at radius 2 is 2.17 bits per heavy atom. The molecule has 4 rings (SSSR count). The van der Waals surface area contributed by atoms with Gasteiger partial charge in [0.25, 0.3) is 0 Å². The van der Waals surface area contributed by atoms with Gasteiger partial charge in [-0.05, 0) is 23.4 Å². The Bertz CT molecular complexity index is 864. The van der Waals surface area contributed by atoms with Gasteiger partial charge < -0.3 is 15.1 Å². The molecule has 8 nitrogen and oxygen atoms in total. The maximum atomic E-state index is 12.6. The van der Waals surface area contributed by atoms with E-state index in [1.807, 2.05) is 29.5 Å². The van der Waals surface area contributed by atoms with E-state index < -0.39 is 0 Å². The smallest absolute Gasteiger partial charge is 0.246 e. The molecule has 0 radical (unpaired) electrons. The highest BCUT2D eigenvalue weighted by Crippen LogP contribution is 2.23. The molecule has 10 heteroatoms. The van der Waals surface area contributed by atoms with E-state index in [1.54, 1.807) is 22.8 Å². The highest BCUT2D eigenvalue weighted by Gasteiger charge is 2.27. The zero-order chi connectivity index (χ0) is 19.5. The molecule has 2 aliphatic rings. The Labute approximate surface area is 192 Å². The summed E-state index contributed by atoms with van der Waals surface area (Å²) in [4.78, 5) is 24.8. The first-order valence-electron chi connectivity index (χ1n) is 9.66. The van der Waals surface area contributed by atoms with Crippen molar-refractivity contribution in [2.24, 2.45) is 12.0 Å². The standard InChI is InChI=1S/C19H27N7OS.HI/c1-20-19(21-5-7-24-6-3-17-15(12-24)4-10-28-17)25-8-9-26(18(27)14-25)16-11-22-23(2)13-16;/h4,10-11,13H,3,5-9,12,14H2,1-2H3,(H,20,21);1H. The average molecular weight is 529 g/mol. The van der Waals surface area contributed by atoms with Crippen LogP contribution in [0.5, 0.6) is 0 Å². The van der Waals surface area contributed by atoms with E-state index in [0.29, 0.717) is 13.1 Å². The number of rotatable bonds is 4. The molecule has 4 heterocycles. The summed E-state index contributed by atoms with van der Waals surface area (Å²) in [5, 5.41) is 9.79. The SMILES string of the molecule is CN=C(NCCN1CCc2sccc2C1)N1CCN(c2cnn(C)c2)C(=O)C1.I. The Balaban J connectivity index is 0.00000240. The minimum absolute atomic E-state index is 0. The molecule has 1 fully saturated rings. The summed E-state index contributed by atoms with van der Waals surface area (Å²) in [6.45, 7) is 5.65. The van der Waals surface area contributed by atoms with Crippen molar-refractivity contribution in [2.75, 3.05) is 51.2 Å². The van der Waals surface area contributed by atoms with Gasteiger partial charge in [0.2, 0.25) is 5.91 Å². The molecule has 1 N–H and O–H groups in total. The van der Waals surface area contributed by atoms with Gasteiger partial charge in [0.15, 0.2) is 5.96 Å². The van der Waals surface area contributed by atoms with E-state index in [0.717, 1.165) is 50.8 Å². The van der Waals surface area contributed by atoms with Gasteiger partial charge in [-0.3, -0.25) is 19.4 Å². The summed E-state index contributed by atoms with van der Waals surface area (Å²) < 4.78 is 1.72. The minimum Gasteiger partial charge on any atom is -0.355 e. The van der Waals surface area contributed by atoms with Crippen molar-refractivity contribution in [3.8, 4) is 0 Å². The molecule has 1 saturated heterocycles. The van der Waals surface area contributed by atoms with Gasteiger partial charge in [-0.15, -0.1) is 35.3 Å². The van der Waals surface area contributed by atoms with Gasteiger partial charge in [-0.1, -0.05) is 0 Å². The predicted octanol–water partition coefficient (Wildman–Crippen LogP) is 1.38. The molecule has 2 aromatic rings. The van der Waals surface area contributed by atoms with Crippen LogP contribution in [0, 0.1) is 0 Å². The topological polar surface area (TPSA) is 69.0 Å². The maximum absolute atomic E-state index is 12.6. The number of thiophene rings is 1. The van der Waals surface area contributed by atoms with Crippen LogP contribution >= 0.6 is 35.3 Å². The lowest BCUT2D eigenvalue weighted by molar-refractivity contribution is -0.120. The lowest BCUT2D eigenvalue weighted by atomic mass is 10.1. The van der Waals surface area contributed by atoms with Crippen molar-refractivity contribution >= 4 is 52.9 Å². The molecule has 0 aliphatic carbocycles. The van der Waals surface area contributed by atoms with Crippen molar-refractivity contribution in [3.63, 3.8) is 0 Å². The number of aliphatic imine (C=N–C) groups is 1. The molecule has 0 bridgehead atoms. The number of piperazine rings is 1. The van der Waals surface area contributed by atoms with E-state index in [2.05, 4.69) is 31.8 Å². The van der Waals surface area contributed by atoms with Crippen LogP contribution < -0.4 is 10.2 Å². The maximum Gasteiger partial charge on any atom is 0.246 e. The zero-order valence-corrected chi connectivity index (χ0v) is 20.0. The third kappa shape index (κ3) is 5.10. The summed E-state index contributed by atoms with van der Waals surface area (Å²) in [6, 6.07) is 2.24. The second-order valence-corrected chi connectivity index (χ2v) is 8.21. The number of guanidine groups is 1. The molecule has 1 amide bonds. The monoisotopic (exact) mass is 529 g/mol. The molecule has 0 saturated carbocycles. The quantitative estimate of drug-likeness (QED) is 0.369. The number of anilines is 1. The van der Waals surface area contributed by atoms with Gasteiger partial charge in [0.1, 0.15) is 6.54 Å². The first-order valence-corrected chi connectivity index (χ1v) is 10.5. The molecule has 2 aromatic heterocycles. The number of halogens is 1. The summed E-state index contributed by atoms with van der Waals surface area (Å²) in [5.74, 6) is 0.871. The number of aromatic nitrogens is 2. The number of hydrogen-bond donors (Lipinski definition) is 1. The first kappa shape index (κ1) is 22.0. The molecular weight excluding hydrogens is 501 g/mol. The first-order chi connectivity index (χ1) is 13.6. The van der Waals surface area contributed by atoms with Crippen LogP contribution in [-0.4, -0.2) is 77.8 Å². The second kappa shape index (κ2) is 9.90. The van der Waals surface area contributed by atoms with E-state index in [1.165, 1.54) is 10.4 Å². The van der Waals surface area contributed by atoms with Crippen LogP contribution in [0.1, 0.15) is 10.4 Å². The van der Waals surface area contributed by atoms with Crippen molar-refractivity contribution < 1.29 is 4.79 Å². The van der Waals surface area contributed by atoms with Crippen molar-refractivity contribution in [1.82, 2.24) is 24.9 Å². The molecule has 2 aliphatic heterocycles. The largest absolute Gasteiger partial charge is 0.355 e.